The molecule has 20 N–H and O–H groups in total. The van der Waals surface area contributed by atoms with Crippen molar-refractivity contribution in [2.24, 2.45) is 62.1 Å². The predicted molar refractivity (Wildman–Crippen MR) is 445 cm³/mol. The fraction of sp³-hybridized carbons (Fsp3) is 0.911. The molecule has 11 fully saturated rings. The van der Waals surface area contributed by atoms with Crippen molar-refractivity contribution in [2.75, 3.05) is 19.8 Å². The average Bonchev–Trinajstić information content (AvgIpc) is 0.916. The van der Waals surface area contributed by atoms with Crippen LogP contribution < -0.4 is 0 Å². The van der Waals surface area contributed by atoms with Gasteiger partial charge in [0.15, 0.2) is 62.2 Å². The first-order valence-electron chi connectivity index (χ1n) is 46.8. The molecule has 4 saturated carbocycles. The second kappa shape index (κ2) is 42.7. The normalized spacial score (nSPS) is 47.8. The molecule has 43 heteroatoms. The van der Waals surface area contributed by atoms with Gasteiger partial charge in [-0.05, 0) is 130 Å². The van der Waals surface area contributed by atoms with Gasteiger partial charge in [-0.25, -0.2) is 4.79 Å². The maximum atomic E-state index is 16.5. The van der Waals surface area contributed by atoms with Crippen LogP contribution in [0.4, 0.5) is 0 Å². The summed E-state index contributed by atoms with van der Waals surface area (Å²) >= 11 is 0. The van der Waals surface area contributed by atoms with Crippen molar-refractivity contribution in [1.82, 2.24) is 0 Å². The van der Waals surface area contributed by atoms with Crippen LogP contribution in [-0.2, 0) is 109 Å². The number of aliphatic hydroxyl groups excluding tert-OH is 19. The first kappa shape index (κ1) is 107. The quantitative estimate of drug-likeness (QED) is 0.0101. The van der Waals surface area contributed by atoms with Crippen molar-refractivity contribution in [1.29, 1.82) is 0 Å². The minimum absolute atomic E-state index is 0.0175. The highest BCUT2D eigenvalue weighted by Gasteiger charge is 2.74. The molecule has 7 heterocycles. The lowest BCUT2D eigenvalue weighted by Crippen LogP contribution is -2.69. The molecule has 49 unspecified atom stereocenters. The third-order valence-corrected chi connectivity index (χ3v) is 32.1. The van der Waals surface area contributed by atoms with Gasteiger partial charge in [0.2, 0.25) is 6.29 Å². The van der Waals surface area contributed by atoms with E-state index in [1.807, 2.05) is 27.7 Å². The van der Waals surface area contributed by atoms with Gasteiger partial charge in [-0.15, -0.1) is 0 Å². The number of ether oxygens (including phenoxy) is 17. The number of aldehydes is 1. The Labute approximate surface area is 770 Å². The second-order valence-corrected chi connectivity index (χ2v) is 41.1. The highest BCUT2D eigenvalue weighted by molar-refractivity contribution is 5.80. The highest BCUT2D eigenvalue weighted by Crippen LogP contribution is 2.76. The molecule has 762 valence electrons. The zero-order chi connectivity index (χ0) is 98.0. The van der Waals surface area contributed by atoms with Crippen LogP contribution in [0.25, 0.3) is 0 Å². The molecule has 0 bridgehead atoms. The highest BCUT2D eigenvalue weighted by atomic mass is 16.8. The molecule has 0 aromatic carbocycles. The van der Waals surface area contributed by atoms with E-state index in [1.165, 1.54) is 20.8 Å². The fourth-order valence-corrected chi connectivity index (χ4v) is 23.4. The molecule has 49 atom stereocenters. The van der Waals surface area contributed by atoms with Crippen molar-refractivity contribution < 1.29 is 211 Å². The summed E-state index contributed by atoms with van der Waals surface area (Å²) in [6.07, 6.45) is -63.3. The second-order valence-electron chi connectivity index (χ2n) is 41.1. The Morgan fingerprint density at radius 1 is 0.504 bits per heavy atom. The van der Waals surface area contributed by atoms with Crippen molar-refractivity contribution >= 4 is 36.1 Å². The lowest BCUT2D eigenvalue weighted by Gasteiger charge is -2.71. The van der Waals surface area contributed by atoms with Crippen LogP contribution in [0.3, 0.4) is 0 Å². The number of hydrogen-bond acceptors (Lipinski definition) is 42. The summed E-state index contributed by atoms with van der Waals surface area (Å²) in [4.78, 5) is 86.1. The smallest absolute Gasteiger partial charge is 0.335 e. The number of hydrogen-bond donors (Lipinski definition) is 20. The monoisotopic (exact) mass is 1910 g/mol. The Morgan fingerprint density at radius 3 is 1.64 bits per heavy atom. The number of carboxylic acids is 1. The molecule has 12 aliphatic rings. The molecule has 0 amide bonds. The number of allylic oxidation sites excluding steroid dienone is 2. The standard InChI is InChI=1S/C90H144O43/c1-15-35(3)46(122-54(99)27-42(96)26-47(36(4)16-2)123-80-64(109)59(104)49(32-92)124-80)25-41(95)28-55(100)127-70-39(7)120-82(75(73(70)121-40(8)94)132-79-67(112)62(107)69(38(6)119-79)128-77-63(108)57(102)45(97)33-117-77)133-84(116)90-24-23-85(9,10)29-44(90)43-17-18-51-86(11)21-20-53(87(12,34-93)50(86)19-22-88(51,13)89(43,14)30-52(90)98)126-83-74(131-81-66(111)61(106)58(103)48(31-91)125-81)71(68(113)72(130-83)76(114)115)129-78-65(110)60(105)56(101)37(5)118-78/h17,34-39,41-42,44-53,56-75,77-83,91-92,95-98,101-113H,15-16,18-33H2,1-14H3,(H,114,115). The van der Waals surface area contributed by atoms with E-state index >= 15 is 4.79 Å². The van der Waals surface area contributed by atoms with Crippen molar-refractivity contribution in [3.05, 3.63) is 11.6 Å². The molecule has 0 radical (unpaired) electrons. The van der Waals surface area contributed by atoms with Crippen LogP contribution in [-0.4, -0.2) is 397 Å². The number of fused-ring (bicyclic) bond motifs is 7. The molecule has 0 aromatic heterocycles. The Bertz CT molecular complexity index is 3960. The molecule has 12 rings (SSSR count). The number of carbonyl (C=O) groups is 6. The van der Waals surface area contributed by atoms with Crippen molar-refractivity contribution in [3.8, 4) is 0 Å². The van der Waals surface area contributed by atoms with E-state index in [0.717, 1.165) is 18.8 Å². The van der Waals surface area contributed by atoms with Crippen LogP contribution in [0, 0.1) is 62.1 Å². The number of esters is 4. The molecule has 7 aliphatic heterocycles. The Kier molecular flexibility index (Phi) is 34.5. The lowest BCUT2D eigenvalue weighted by atomic mass is 9.33. The van der Waals surface area contributed by atoms with Crippen LogP contribution >= 0.6 is 0 Å². The molecular weight excluding hydrogens is 1770 g/mol. The van der Waals surface area contributed by atoms with E-state index < -0.39 is 352 Å². The fourth-order valence-electron chi connectivity index (χ4n) is 23.4. The minimum Gasteiger partial charge on any atom is -0.479 e. The minimum atomic E-state index is -2.27. The number of aliphatic hydroxyl groups is 19. The van der Waals surface area contributed by atoms with E-state index in [-0.39, 0.29) is 43.9 Å². The van der Waals surface area contributed by atoms with Crippen molar-refractivity contribution in [3.63, 3.8) is 0 Å². The van der Waals surface area contributed by atoms with E-state index in [0.29, 0.717) is 51.4 Å². The molecular formula is C90H144O43. The Balaban J connectivity index is 0.807. The first-order chi connectivity index (χ1) is 62.3. The maximum Gasteiger partial charge on any atom is 0.335 e. The Morgan fingerprint density at radius 2 is 1.03 bits per heavy atom. The maximum absolute atomic E-state index is 16.5. The predicted octanol–water partition coefficient (Wildman–Crippen LogP) is -3.19. The number of carbonyl (C=O) groups excluding carboxylic acids is 5. The van der Waals surface area contributed by atoms with Crippen molar-refractivity contribution in [2.45, 2.75) is 433 Å². The van der Waals surface area contributed by atoms with Gasteiger partial charge in [0.1, 0.15) is 134 Å². The van der Waals surface area contributed by atoms with Crippen LogP contribution in [0.15, 0.2) is 11.6 Å². The summed E-state index contributed by atoms with van der Waals surface area (Å²) in [6, 6.07) is 0. The summed E-state index contributed by atoms with van der Waals surface area (Å²) < 4.78 is 104. The van der Waals surface area contributed by atoms with Gasteiger partial charge in [0.25, 0.3) is 0 Å². The first-order valence-corrected chi connectivity index (χ1v) is 46.8. The number of aliphatic carboxylic acids is 1. The summed E-state index contributed by atoms with van der Waals surface area (Å²) in [7, 11) is 0. The molecule has 5 aliphatic carbocycles. The van der Waals surface area contributed by atoms with Gasteiger partial charge in [-0.1, -0.05) is 93.7 Å². The largest absolute Gasteiger partial charge is 0.479 e. The van der Waals surface area contributed by atoms with Crippen LogP contribution in [0.2, 0.25) is 0 Å². The van der Waals surface area contributed by atoms with Gasteiger partial charge < -0.3 is 187 Å². The summed E-state index contributed by atoms with van der Waals surface area (Å²) in [5.41, 5.74) is -5.51. The number of rotatable bonds is 33. The summed E-state index contributed by atoms with van der Waals surface area (Å²) in [6.45, 7) is 22.3. The van der Waals surface area contributed by atoms with E-state index in [1.54, 1.807) is 20.8 Å². The van der Waals surface area contributed by atoms with E-state index in [9.17, 15) is 126 Å². The zero-order valence-electron chi connectivity index (χ0n) is 77.6. The van der Waals surface area contributed by atoms with Crippen LogP contribution in [0.5, 0.6) is 0 Å². The molecule has 43 nitrogen and oxygen atoms in total. The number of carboxylic acid groups (broad SMARTS) is 1. The molecule has 0 spiro atoms. The lowest BCUT2D eigenvalue weighted by molar-refractivity contribution is -0.394. The molecule has 7 saturated heterocycles. The van der Waals surface area contributed by atoms with Gasteiger partial charge in [0.05, 0.1) is 86.9 Å². The summed E-state index contributed by atoms with van der Waals surface area (Å²) in [5, 5.41) is 222. The third kappa shape index (κ3) is 21.1. The third-order valence-electron chi connectivity index (χ3n) is 32.1. The van der Waals surface area contributed by atoms with Gasteiger partial charge >= 0.3 is 29.8 Å². The topological polar surface area (TPSA) is 664 Å². The van der Waals surface area contributed by atoms with Gasteiger partial charge in [0, 0.05) is 19.8 Å². The van der Waals surface area contributed by atoms with Crippen LogP contribution in [0.1, 0.15) is 193 Å². The van der Waals surface area contributed by atoms with E-state index in [4.69, 9.17) is 80.5 Å². The zero-order valence-corrected chi connectivity index (χ0v) is 77.6. The Hall–Kier alpha value is -4.52. The molecule has 0 aromatic rings. The average molecular weight is 1910 g/mol. The summed E-state index contributed by atoms with van der Waals surface area (Å²) in [5.74, 6) is -8.24. The van der Waals surface area contributed by atoms with E-state index in [2.05, 4.69) is 26.8 Å². The SMILES string of the molecule is CCC(C)C(CC(O)CC(=O)OC1C(C)OC(OC(=O)C23CCC(C)(C)CC2C2=CCC4C5(C)CCC(OC6OC(C(=O)O)C(O)C(OC7OC(C)C(O)C(O)C7O)C6OC6OC(CO)C(O)C(O)C6O)C(C)(C=O)C5CCC4(C)C2(C)CC3O)C(OC2OC(C)C(OC3OCC(O)C(O)C3O)C(O)C2O)C1OC(C)=O)OC(=O)CC(O)CC(OC1OC(CO)C(O)C1O)C(C)CC. The van der Waals surface area contributed by atoms with Gasteiger partial charge in [-0.2, -0.15) is 0 Å². The molecule has 133 heavy (non-hydrogen) atoms. The van der Waals surface area contributed by atoms with Gasteiger partial charge in [-0.3, -0.25) is 19.2 Å².